The van der Waals surface area contributed by atoms with E-state index < -0.39 is 10.0 Å². The van der Waals surface area contributed by atoms with Gasteiger partial charge in [0.15, 0.2) is 0 Å². The quantitative estimate of drug-likeness (QED) is 0.775. The van der Waals surface area contributed by atoms with Crippen LogP contribution in [0.15, 0.2) is 23.1 Å². The van der Waals surface area contributed by atoms with E-state index in [-0.39, 0.29) is 0 Å². The molecule has 1 fully saturated rings. The minimum Gasteiger partial charge on any atom is -0.310 e. The Kier molecular flexibility index (Phi) is 5.41. The fourth-order valence-electron chi connectivity index (χ4n) is 2.23. The van der Waals surface area contributed by atoms with Crippen molar-refractivity contribution in [2.45, 2.75) is 57.5 Å². The second-order valence-corrected chi connectivity index (χ2v) is 7.88. The van der Waals surface area contributed by atoms with Crippen molar-refractivity contribution < 1.29 is 8.42 Å². The van der Waals surface area contributed by atoms with Gasteiger partial charge in [0, 0.05) is 19.1 Å². The highest BCUT2D eigenvalue weighted by atomic mass is 32.2. The molecule has 0 heterocycles. The molecule has 5 heteroatoms. The van der Waals surface area contributed by atoms with Gasteiger partial charge in [-0.3, -0.25) is 0 Å². The molecule has 0 amide bonds. The maximum Gasteiger partial charge on any atom is 0.240 e. The van der Waals surface area contributed by atoms with Gasteiger partial charge in [-0.05, 0) is 48.4 Å². The summed E-state index contributed by atoms with van der Waals surface area (Å²) < 4.78 is 27.4. The lowest BCUT2D eigenvalue weighted by Crippen LogP contribution is -2.26. The number of hydrogen-bond donors (Lipinski definition) is 2. The molecule has 1 aromatic carbocycles. The standard InChI is InChI=1S/C16H26N2O2S/c1-4-14-7-8-16(9-15(14)11-17-12(2)3)21(19,20)18-10-13-5-6-13/h7-9,12-13,17-18H,4-6,10-11H2,1-3H3. The van der Waals surface area contributed by atoms with Crippen LogP contribution in [0.2, 0.25) is 0 Å². The van der Waals surface area contributed by atoms with Crippen molar-refractivity contribution in [1.29, 1.82) is 0 Å². The molecule has 21 heavy (non-hydrogen) atoms. The molecule has 2 N–H and O–H groups in total. The molecule has 0 radical (unpaired) electrons. The first kappa shape index (κ1) is 16.5. The van der Waals surface area contributed by atoms with Crippen LogP contribution in [0.4, 0.5) is 0 Å². The lowest BCUT2D eigenvalue weighted by molar-refractivity contribution is 0.575. The predicted octanol–water partition coefficient (Wildman–Crippen LogP) is 2.44. The monoisotopic (exact) mass is 310 g/mol. The highest BCUT2D eigenvalue weighted by Crippen LogP contribution is 2.28. The molecule has 0 spiro atoms. The van der Waals surface area contributed by atoms with E-state index in [0.29, 0.717) is 29.9 Å². The first-order valence-corrected chi connectivity index (χ1v) is 9.25. The average Bonchev–Trinajstić information content (AvgIpc) is 3.26. The molecule has 0 aliphatic heterocycles. The van der Waals surface area contributed by atoms with E-state index in [0.717, 1.165) is 24.8 Å². The van der Waals surface area contributed by atoms with E-state index in [4.69, 9.17) is 0 Å². The molecular weight excluding hydrogens is 284 g/mol. The van der Waals surface area contributed by atoms with Crippen LogP contribution < -0.4 is 10.0 Å². The summed E-state index contributed by atoms with van der Waals surface area (Å²) in [5.41, 5.74) is 2.27. The zero-order chi connectivity index (χ0) is 15.5. The highest BCUT2D eigenvalue weighted by molar-refractivity contribution is 7.89. The fraction of sp³-hybridized carbons (Fsp3) is 0.625. The van der Waals surface area contributed by atoms with Crippen molar-refractivity contribution in [2.75, 3.05) is 6.54 Å². The predicted molar refractivity (Wildman–Crippen MR) is 85.7 cm³/mol. The number of rotatable bonds is 8. The van der Waals surface area contributed by atoms with Gasteiger partial charge in [0.1, 0.15) is 0 Å². The van der Waals surface area contributed by atoms with E-state index in [2.05, 4.69) is 30.8 Å². The van der Waals surface area contributed by atoms with Crippen LogP contribution >= 0.6 is 0 Å². The van der Waals surface area contributed by atoms with Gasteiger partial charge in [-0.15, -0.1) is 0 Å². The lowest BCUT2D eigenvalue weighted by atomic mass is 10.1. The molecule has 1 aromatic rings. The Labute approximate surface area is 128 Å². The van der Waals surface area contributed by atoms with Crippen molar-refractivity contribution in [1.82, 2.24) is 10.0 Å². The Balaban J connectivity index is 2.16. The van der Waals surface area contributed by atoms with E-state index >= 15 is 0 Å². The lowest BCUT2D eigenvalue weighted by Gasteiger charge is -2.14. The summed E-state index contributed by atoms with van der Waals surface area (Å²) in [5.74, 6) is 0.539. The normalized spacial score (nSPS) is 15.6. The smallest absolute Gasteiger partial charge is 0.240 e. The number of aryl methyl sites for hydroxylation is 1. The zero-order valence-electron chi connectivity index (χ0n) is 13.1. The summed E-state index contributed by atoms with van der Waals surface area (Å²) in [6.07, 6.45) is 3.19. The molecule has 0 saturated heterocycles. The van der Waals surface area contributed by atoms with Gasteiger partial charge in [0.25, 0.3) is 0 Å². The Morgan fingerprint density at radius 1 is 1.24 bits per heavy atom. The topological polar surface area (TPSA) is 58.2 Å². The van der Waals surface area contributed by atoms with Crippen molar-refractivity contribution in [2.24, 2.45) is 5.92 Å². The van der Waals surface area contributed by atoms with E-state index in [1.807, 2.05) is 12.1 Å². The Morgan fingerprint density at radius 2 is 1.95 bits per heavy atom. The third-order valence-electron chi connectivity index (χ3n) is 3.83. The summed E-state index contributed by atoms with van der Waals surface area (Å²) in [4.78, 5) is 0.376. The summed E-state index contributed by atoms with van der Waals surface area (Å²) >= 11 is 0. The molecule has 2 rings (SSSR count). The Hall–Kier alpha value is -0.910. The van der Waals surface area contributed by atoms with E-state index in [9.17, 15) is 8.42 Å². The second kappa shape index (κ2) is 6.90. The minimum atomic E-state index is -3.38. The molecule has 118 valence electrons. The molecule has 0 unspecified atom stereocenters. The summed E-state index contributed by atoms with van der Waals surface area (Å²) in [5, 5.41) is 3.36. The molecule has 1 aliphatic carbocycles. The molecule has 1 saturated carbocycles. The second-order valence-electron chi connectivity index (χ2n) is 6.11. The van der Waals surface area contributed by atoms with Gasteiger partial charge in [-0.1, -0.05) is 26.8 Å². The van der Waals surface area contributed by atoms with Crippen molar-refractivity contribution >= 4 is 10.0 Å². The van der Waals surface area contributed by atoms with Crippen LogP contribution in [0.3, 0.4) is 0 Å². The van der Waals surface area contributed by atoms with E-state index in [1.54, 1.807) is 6.07 Å². The molecule has 1 aliphatic rings. The largest absolute Gasteiger partial charge is 0.310 e. The molecule has 0 bridgehead atoms. The number of sulfonamides is 1. The zero-order valence-corrected chi connectivity index (χ0v) is 14.0. The average molecular weight is 310 g/mol. The van der Waals surface area contributed by atoms with Gasteiger partial charge in [-0.25, -0.2) is 13.1 Å². The number of nitrogens with one attached hydrogen (secondary N) is 2. The highest BCUT2D eigenvalue weighted by Gasteiger charge is 2.24. The molecule has 0 atom stereocenters. The fourth-order valence-corrected chi connectivity index (χ4v) is 3.39. The van der Waals surface area contributed by atoms with E-state index in [1.165, 1.54) is 5.56 Å². The summed E-state index contributed by atoms with van der Waals surface area (Å²) in [7, 11) is -3.38. The third-order valence-corrected chi connectivity index (χ3v) is 5.25. The maximum absolute atomic E-state index is 12.3. The minimum absolute atomic E-state index is 0.376. The number of hydrogen-bond acceptors (Lipinski definition) is 3. The van der Waals surface area contributed by atoms with Crippen LogP contribution in [-0.4, -0.2) is 21.0 Å². The number of benzene rings is 1. The van der Waals surface area contributed by atoms with Gasteiger partial charge >= 0.3 is 0 Å². The SMILES string of the molecule is CCc1ccc(S(=O)(=O)NCC2CC2)cc1CNC(C)C. The van der Waals surface area contributed by atoms with Crippen LogP contribution in [-0.2, 0) is 23.0 Å². The van der Waals surface area contributed by atoms with Crippen molar-refractivity contribution in [3.05, 3.63) is 29.3 Å². The van der Waals surface area contributed by atoms with Gasteiger partial charge in [0.05, 0.1) is 4.90 Å². The molecule has 4 nitrogen and oxygen atoms in total. The van der Waals surface area contributed by atoms with Crippen LogP contribution in [0.25, 0.3) is 0 Å². The Morgan fingerprint density at radius 3 is 2.52 bits per heavy atom. The van der Waals surface area contributed by atoms with Crippen molar-refractivity contribution in [3.8, 4) is 0 Å². The van der Waals surface area contributed by atoms with Gasteiger partial charge in [-0.2, -0.15) is 0 Å². The van der Waals surface area contributed by atoms with Crippen LogP contribution in [0.5, 0.6) is 0 Å². The third kappa shape index (κ3) is 4.80. The van der Waals surface area contributed by atoms with Gasteiger partial charge in [0.2, 0.25) is 10.0 Å². The molecule has 0 aromatic heterocycles. The van der Waals surface area contributed by atoms with Crippen molar-refractivity contribution in [3.63, 3.8) is 0 Å². The summed E-state index contributed by atoms with van der Waals surface area (Å²) in [6, 6.07) is 5.84. The van der Waals surface area contributed by atoms with Crippen LogP contribution in [0.1, 0.15) is 44.7 Å². The first-order chi connectivity index (χ1) is 9.92. The maximum atomic E-state index is 12.3. The first-order valence-electron chi connectivity index (χ1n) is 7.77. The molecular formula is C16H26N2O2S. The van der Waals surface area contributed by atoms with Crippen LogP contribution in [0, 0.1) is 5.92 Å². The summed E-state index contributed by atoms with van der Waals surface area (Å²) in [6.45, 7) is 7.53. The Bertz CT molecular complexity index is 578. The van der Waals surface area contributed by atoms with Gasteiger partial charge < -0.3 is 5.32 Å².